The highest BCUT2D eigenvalue weighted by atomic mass is 16.5. The van der Waals surface area contributed by atoms with Crippen molar-refractivity contribution in [2.45, 2.75) is 12.5 Å². The molecule has 13 heavy (non-hydrogen) atoms. The van der Waals surface area contributed by atoms with Gasteiger partial charge in [-0.1, -0.05) is 0 Å². The molecule has 1 aromatic rings. The van der Waals surface area contributed by atoms with Gasteiger partial charge in [-0.15, -0.1) is 10.2 Å². The topological polar surface area (TPSA) is 73.1 Å². The Kier molecular flexibility index (Phi) is 2.24. The van der Waals surface area contributed by atoms with Crippen LogP contribution in [0.25, 0.3) is 0 Å². The first-order valence-electron chi connectivity index (χ1n) is 4.24. The fraction of sp³-hybridized carbons (Fsp3) is 0.857. The van der Waals surface area contributed by atoms with E-state index in [1.807, 2.05) is 0 Å². The number of aryl methyl sites for hydroxylation is 1. The average Bonchev–Trinajstić information content (AvgIpc) is 2.64. The monoisotopic (exact) mass is 184 g/mol. The summed E-state index contributed by atoms with van der Waals surface area (Å²) in [5, 5.41) is 21.1. The molecule has 0 aromatic carbocycles. The molecule has 6 nitrogen and oxygen atoms in total. The Bertz CT molecular complexity index is 288. The fourth-order valence-corrected chi connectivity index (χ4v) is 1.42. The van der Waals surface area contributed by atoms with Crippen LogP contribution in [-0.2, 0) is 18.2 Å². The molecular formula is C7H12N4O2. The van der Waals surface area contributed by atoms with Gasteiger partial charge in [-0.25, -0.2) is 0 Å². The zero-order valence-electron chi connectivity index (χ0n) is 7.42. The molecule has 2 heterocycles. The number of hydrogen-bond acceptors (Lipinski definition) is 5. The van der Waals surface area contributed by atoms with Gasteiger partial charge >= 0.3 is 0 Å². The molecule has 6 heteroatoms. The van der Waals surface area contributed by atoms with Crippen LogP contribution < -0.4 is 0 Å². The van der Waals surface area contributed by atoms with Crippen molar-refractivity contribution in [3.05, 3.63) is 5.82 Å². The van der Waals surface area contributed by atoms with Crippen LogP contribution in [-0.4, -0.2) is 44.6 Å². The van der Waals surface area contributed by atoms with E-state index in [1.54, 1.807) is 7.05 Å². The predicted molar refractivity (Wildman–Crippen MR) is 42.8 cm³/mol. The van der Waals surface area contributed by atoms with Gasteiger partial charge in [0.2, 0.25) is 0 Å². The molecule has 0 radical (unpaired) electrons. The summed E-state index contributed by atoms with van der Waals surface area (Å²) >= 11 is 0. The Labute approximate surface area is 75.5 Å². The van der Waals surface area contributed by atoms with Gasteiger partial charge in [0, 0.05) is 12.3 Å². The molecule has 2 atom stereocenters. The van der Waals surface area contributed by atoms with Crippen molar-refractivity contribution in [2.24, 2.45) is 13.0 Å². The van der Waals surface area contributed by atoms with Crippen molar-refractivity contribution in [2.75, 3.05) is 13.2 Å². The van der Waals surface area contributed by atoms with Gasteiger partial charge in [0.05, 0.1) is 26.4 Å². The molecule has 1 aromatic heterocycles. The first-order chi connectivity index (χ1) is 6.25. The van der Waals surface area contributed by atoms with Gasteiger partial charge in [0.15, 0.2) is 5.82 Å². The number of tetrazole rings is 1. The second-order valence-electron chi connectivity index (χ2n) is 3.26. The van der Waals surface area contributed by atoms with E-state index in [0.717, 1.165) is 0 Å². The molecule has 1 aliphatic heterocycles. The summed E-state index contributed by atoms with van der Waals surface area (Å²) in [6.07, 6.45) is 0.249. The molecule has 2 unspecified atom stereocenters. The Hall–Kier alpha value is -1.01. The number of aliphatic hydroxyl groups excluding tert-OH is 1. The fourth-order valence-electron chi connectivity index (χ4n) is 1.42. The van der Waals surface area contributed by atoms with Crippen LogP contribution in [0.1, 0.15) is 5.82 Å². The summed E-state index contributed by atoms with van der Waals surface area (Å²) in [4.78, 5) is 1.41. The highest BCUT2D eigenvalue weighted by Gasteiger charge is 2.27. The lowest BCUT2D eigenvalue weighted by atomic mass is 10.0. The molecule has 1 fully saturated rings. The van der Waals surface area contributed by atoms with E-state index in [9.17, 15) is 5.11 Å². The number of nitrogens with zero attached hydrogens (tertiary/aromatic N) is 4. The summed E-state index contributed by atoms with van der Waals surface area (Å²) < 4.78 is 5.12. The predicted octanol–water partition coefficient (Wildman–Crippen LogP) is -1.24. The minimum absolute atomic E-state index is 0.115. The minimum Gasteiger partial charge on any atom is -0.390 e. The normalized spacial score (nSPS) is 28.2. The highest BCUT2D eigenvalue weighted by molar-refractivity contribution is 4.86. The van der Waals surface area contributed by atoms with Gasteiger partial charge in [0.25, 0.3) is 0 Å². The van der Waals surface area contributed by atoms with E-state index in [2.05, 4.69) is 15.4 Å². The maximum Gasteiger partial charge on any atom is 0.175 e. The van der Waals surface area contributed by atoms with Crippen LogP contribution in [0.15, 0.2) is 0 Å². The third-order valence-electron chi connectivity index (χ3n) is 2.16. The minimum atomic E-state index is -0.385. The van der Waals surface area contributed by atoms with E-state index >= 15 is 0 Å². The molecule has 0 amide bonds. The van der Waals surface area contributed by atoms with Gasteiger partial charge in [-0.3, -0.25) is 0 Å². The Morgan fingerprint density at radius 1 is 1.62 bits per heavy atom. The quantitative estimate of drug-likeness (QED) is 0.622. The van der Waals surface area contributed by atoms with E-state index in [-0.39, 0.29) is 12.0 Å². The second-order valence-corrected chi connectivity index (χ2v) is 3.26. The van der Waals surface area contributed by atoms with Gasteiger partial charge < -0.3 is 9.84 Å². The zero-order valence-corrected chi connectivity index (χ0v) is 7.42. The molecule has 2 rings (SSSR count). The van der Waals surface area contributed by atoms with Crippen molar-refractivity contribution >= 4 is 0 Å². The molecule has 0 saturated carbocycles. The average molecular weight is 184 g/mol. The lowest BCUT2D eigenvalue weighted by molar-refractivity contribution is 0.118. The standard InChI is InChI=1S/C7H12N4O2/c1-11-9-7(8-10-11)2-5-3-13-4-6(5)12/h5-6,12H,2-4H2,1H3. The summed E-state index contributed by atoms with van der Waals surface area (Å²) in [6, 6.07) is 0. The first kappa shape index (κ1) is 8.58. The highest BCUT2D eigenvalue weighted by Crippen LogP contribution is 2.16. The third-order valence-corrected chi connectivity index (χ3v) is 2.16. The van der Waals surface area contributed by atoms with Crippen molar-refractivity contribution in [1.29, 1.82) is 0 Å². The molecule has 0 aliphatic carbocycles. The van der Waals surface area contributed by atoms with E-state index in [0.29, 0.717) is 25.5 Å². The summed E-state index contributed by atoms with van der Waals surface area (Å²) in [5.74, 6) is 0.779. The van der Waals surface area contributed by atoms with Gasteiger partial charge in [0.1, 0.15) is 0 Å². The number of ether oxygens (including phenoxy) is 1. The van der Waals surface area contributed by atoms with Crippen LogP contribution in [0.3, 0.4) is 0 Å². The first-order valence-corrected chi connectivity index (χ1v) is 4.24. The number of aliphatic hydroxyl groups is 1. The number of hydrogen-bond donors (Lipinski definition) is 1. The van der Waals surface area contributed by atoms with Crippen molar-refractivity contribution < 1.29 is 9.84 Å². The van der Waals surface area contributed by atoms with Crippen LogP contribution in [0, 0.1) is 5.92 Å². The Balaban J connectivity index is 1.97. The summed E-state index contributed by atoms with van der Waals surface area (Å²) in [7, 11) is 1.72. The maximum absolute atomic E-state index is 9.45. The Morgan fingerprint density at radius 2 is 2.46 bits per heavy atom. The van der Waals surface area contributed by atoms with Crippen LogP contribution in [0.4, 0.5) is 0 Å². The SMILES string of the molecule is Cn1nnc(CC2COCC2O)n1. The number of aromatic nitrogens is 4. The molecule has 0 spiro atoms. The lowest BCUT2D eigenvalue weighted by Gasteiger charge is -2.07. The van der Waals surface area contributed by atoms with Gasteiger partial charge in [-0.05, 0) is 5.21 Å². The largest absolute Gasteiger partial charge is 0.390 e. The zero-order chi connectivity index (χ0) is 9.26. The number of rotatable bonds is 2. The van der Waals surface area contributed by atoms with Crippen LogP contribution in [0.2, 0.25) is 0 Å². The van der Waals surface area contributed by atoms with E-state index < -0.39 is 0 Å². The second kappa shape index (κ2) is 3.39. The molecular weight excluding hydrogens is 172 g/mol. The molecule has 0 bridgehead atoms. The molecule has 1 N–H and O–H groups in total. The van der Waals surface area contributed by atoms with Crippen LogP contribution >= 0.6 is 0 Å². The third kappa shape index (κ3) is 1.84. The molecule has 72 valence electrons. The van der Waals surface area contributed by atoms with Gasteiger partial charge in [-0.2, -0.15) is 4.80 Å². The van der Waals surface area contributed by atoms with Crippen molar-refractivity contribution in [3.8, 4) is 0 Å². The summed E-state index contributed by atoms with van der Waals surface area (Å²) in [6.45, 7) is 1.00. The Morgan fingerprint density at radius 3 is 3.00 bits per heavy atom. The van der Waals surface area contributed by atoms with E-state index in [1.165, 1.54) is 4.80 Å². The molecule has 1 aliphatic rings. The maximum atomic E-state index is 9.45. The smallest absolute Gasteiger partial charge is 0.175 e. The summed E-state index contributed by atoms with van der Waals surface area (Å²) in [5.41, 5.74) is 0. The van der Waals surface area contributed by atoms with Crippen molar-refractivity contribution in [3.63, 3.8) is 0 Å². The lowest BCUT2D eigenvalue weighted by Crippen LogP contribution is -2.20. The molecule has 1 saturated heterocycles. The van der Waals surface area contributed by atoms with Crippen molar-refractivity contribution in [1.82, 2.24) is 20.2 Å². The van der Waals surface area contributed by atoms with E-state index in [4.69, 9.17) is 4.74 Å². The van der Waals surface area contributed by atoms with Crippen LogP contribution in [0.5, 0.6) is 0 Å².